The molecule has 0 bridgehead atoms. The molecule has 1 saturated carbocycles. The van der Waals surface area contributed by atoms with Gasteiger partial charge in [-0.2, -0.15) is 0 Å². The Balaban J connectivity index is 2.26. The number of nitrogens with zero attached hydrogens (tertiary/aromatic N) is 1. The summed E-state index contributed by atoms with van der Waals surface area (Å²) in [6, 6.07) is 4.48. The van der Waals surface area contributed by atoms with Crippen molar-refractivity contribution >= 4 is 21.4 Å². The topological polar surface area (TPSA) is 110 Å². The summed E-state index contributed by atoms with van der Waals surface area (Å²) in [4.78, 5) is 1.80. The molecule has 0 saturated heterocycles. The number of nitrogen functional groups attached to an aromatic ring is 1. The molecule has 0 spiro atoms. The highest BCUT2D eigenvalue weighted by atomic mass is 32.2. The van der Waals surface area contributed by atoms with Crippen LogP contribution < -0.4 is 15.8 Å². The largest absolute Gasteiger partial charge is 0.399 e. The van der Waals surface area contributed by atoms with Gasteiger partial charge >= 0.3 is 0 Å². The van der Waals surface area contributed by atoms with Crippen LogP contribution in [0.4, 0.5) is 11.4 Å². The molecule has 112 valence electrons. The van der Waals surface area contributed by atoms with E-state index in [-0.39, 0.29) is 4.90 Å². The standard InChI is InChI=1S/C13H21N3O3S/c1-16(9-13(17)4-2-3-5-13)11-6-10(14)7-12(8-11)20(15,18)19/h6-8,17H,2-5,9,14H2,1H3,(H2,15,18,19). The lowest BCUT2D eigenvalue weighted by atomic mass is 10.0. The SMILES string of the molecule is CN(CC1(O)CCCC1)c1cc(N)cc(S(N)(=O)=O)c1. The fourth-order valence-electron chi connectivity index (χ4n) is 2.71. The molecule has 1 fully saturated rings. The van der Waals surface area contributed by atoms with E-state index in [9.17, 15) is 13.5 Å². The molecule has 20 heavy (non-hydrogen) atoms. The van der Waals surface area contributed by atoms with Crippen molar-refractivity contribution in [1.29, 1.82) is 0 Å². The van der Waals surface area contributed by atoms with Crippen LogP contribution in [-0.4, -0.2) is 32.7 Å². The van der Waals surface area contributed by atoms with Crippen molar-refractivity contribution in [2.24, 2.45) is 5.14 Å². The summed E-state index contributed by atoms with van der Waals surface area (Å²) in [5.41, 5.74) is 5.98. The minimum absolute atomic E-state index is 0.0160. The van der Waals surface area contributed by atoms with Crippen LogP contribution in [0.1, 0.15) is 25.7 Å². The molecule has 5 N–H and O–H groups in total. The van der Waals surface area contributed by atoms with Gasteiger partial charge in [0.2, 0.25) is 10.0 Å². The highest BCUT2D eigenvalue weighted by Crippen LogP contribution is 2.32. The van der Waals surface area contributed by atoms with Crippen molar-refractivity contribution < 1.29 is 13.5 Å². The van der Waals surface area contributed by atoms with Gasteiger partial charge < -0.3 is 15.7 Å². The van der Waals surface area contributed by atoms with Crippen LogP contribution in [0.25, 0.3) is 0 Å². The molecule has 0 amide bonds. The predicted octanol–water partition coefficient (Wildman–Crippen LogP) is 0.658. The van der Waals surface area contributed by atoms with Gasteiger partial charge in [0, 0.05) is 25.0 Å². The van der Waals surface area contributed by atoms with Crippen LogP contribution >= 0.6 is 0 Å². The van der Waals surface area contributed by atoms with E-state index in [1.165, 1.54) is 12.1 Å². The van der Waals surface area contributed by atoms with Crippen molar-refractivity contribution in [3.63, 3.8) is 0 Å². The number of likely N-dealkylation sites (N-methyl/N-ethyl adjacent to an activating group) is 1. The lowest BCUT2D eigenvalue weighted by molar-refractivity contribution is 0.0559. The Morgan fingerprint density at radius 1 is 1.30 bits per heavy atom. The zero-order valence-corrected chi connectivity index (χ0v) is 12.4. The van der Waals surface area contributed by atoms with E-state index in [0.29, 0.717) is 17.9 Å². The minimum atomic E-state index is -3.79. The van der Waals surface area contributed by atoms with Crippen molar-refractivity contribution in [2.45, 2.75) is 36.2 Å². The van der Waals surface area contributed by atoms with E-state index in [1.807, 2.05) is 4.90 Å². The Morgan fingerprint density at radius 3 is 2.45 bits per heavy atom. The summed E-state index contributed by atoms with van der Waals surface area (Å²) in [5.74, 6) is 0. The summed E-state index contributed by atoms with van der Waals surface area (Å²) in [6.07, 6.45) is 3.57. The van der Waals surface area contributed by atoms with E-state index in [4.69, 9.17) is 10.9 Å². The lowest BCUT2D eigenvalue weighted by Gasteiger charge is -2.30. The number of primary sulfonamides is 1. The maximum Gasteiger partial charge on any atom is 0.238 e. The number of nitrogens with two attached hydrogens (primary N) is 2. The lowest BCUT2D eigenvalue weighted by Crippen LogP contribution is -2.39. The average molecular weight is 299 g/mol. The number of rotatable bonds is 4. The third-order valence-electron chi connectivity index (χ3n) is 3.75. The van der Waals surface area contributed by atoms with Crippen molar-refractivity contribution in [3.8, 4) is 0 Å². The second-order valence-corrected chi connectivity index (χ2v) is 7.15. The maximum absolute atomic E-state index is 11.4. The van der Waals surface area contributed by atoms with Crippen molar-refractivity contribution in [1.82, 2.24) is 0 Å². The first kappa shape index (κ1) is 15.1. The zero-order valence-electron chi connectivity index (χ0n) is 11.5. The normalized spacial score (nSPS) is 18.1. The number of benzene rings is 1. The first-order valence-corrected chi connectivity index (χ1v) is 8.11. The molecule has 0 heterocycles. The molecular formula is C13H21N3O3S. The fraction of sp³-hybridized carbons (Fsp3) is 0.538. The first-order chi connectivity index (χ1) is 9.20. The van der Waals surface area contributed by atoms with E-state index in [1.54, 1.807) is 13.1 Å². The summed E-state index contributed by atoms with van der Waals surface area (Å²) in [7, 11) is -1.99. The van der Waals surface area contributed by atoms with Crippen molar-refractivity contribution in [3.05, 3.63) is 18.2 Å². The third-order valence-corrected chi connectivity index (χ3v) is 4.64. The number of anilines is 2. The molecule has 0 aliphatic heterocycles. The maximum atomic E-state index is 11.4. The van der Waals surface area contributed by atoms with Crippen LogP contribution in [0.15, 0.2) is 23.1 Å². The van der Waals surface area contributed by atoms with Crippen LogP contribution in [0.2, 0.25) is 0 Å². The number of aliphatic hydroxyl groups is 1. The van der Waals surface area contributed by atoms with Gasteiger partial charge in [0.15, 0.2) is 0 Å². The van der Waals surface area contributed by atoms with Gasteiger partial charge in [-0.3, -0.25) is 0 Å². The predicted molar refractivity (Wildman–Crippen MR) is 78.9 cm³/mol. The van der Waals surface area contributed by atoms with Crippen LogP contribution in [-0.2, 0) is 10.0 Å². The highest BCUT2D eigenvalue weighted by Gasteiger charge is 2.32. The molecule has 0 aromatic heterocycles. The van der Waals surface area contributed by atoms with Crippen LogP contribution in [0.3, 0.4) is 0 Å². The Hall–Kier alpha value is -1.31. The van der Waals surface area contributed by atoms with Crippen LogP contribution in [0.5, 0.6) is 0 Å². The van der Waals surface area contributed by atoms with Crippen LogP contribution in [0, 0.1) is 0 Å². The van der Waals surface area contributed by atoms with Gasteiger partial charge in [0.25, 0.3) is 0 Å². The van der Waals surface area contributed by atoms with E-state index < -0.39 is 15.6 Å². The molecule has 0 atom stereocenters. The first-order valence-electron chi connectivity index (χ1n) is 6.57. The molecule has 1 aliphatic carbocycles. The van der Waals surface area contributed by atoms with Gasteiger partial charge in [0.05, 0.1) is 10.5 Å². The molecule has 2 rings (SSSR count). The molecule has 0 radical (unpaired) electrons. The van der Waals surface area contributed by atoms with E-state index in [0.717, 1.165) is 25.7 Å². The average Bonchev–Trinajstić information content (AvgIpc) is 2.73. The zero-order chi connectivity index (χ0) is 15.0. The molecular weight excluding hydrogens is 278 g/mol. The molecule has 1 aromatic rings. The second kappa shape index (κ2) is 5.23. The molecule has 1 aliphatic rings. The van der Waals surface area contributed by atoms with Gasteiger partial charge in [-0.1, -0.05) is 12.8 Å². The summed E-state index contributed by atoms with van der Waals surface area (Å²) in [5, 5.41) is 15.5. The number of hydrogen-bond acceptors (Lipinski definition) is 5. The van der Waals surface area contributed by atoms with Gasteiger partial charge in [-0.25, -0.2) is 13.6 Å². The third kappa shape index (κ3) is 3.41. The minimum Gasteiger partial charge on any atom is -0.399 e. The monoisotopic (exact) mass is 299 g/mol. The Labute approximate surface area is 119 Å². The van der Waals surface area contributed by atoms with Gasteiger partial charge in [0.1, 0.15) is 0 Å². The Bertz CT molecular complexity index is 595. The molecule has 6 nitrogen and oxygen atoms in total. The number of sulfonamides is 1. The number of hydrogen-bond donors (Lipinski definition) is 3. The van der Waals surface area contributed by atoms with E-state index >= 15 is 0 Å². The summed E-state index contributed by atoms with van der Waals surface area (Å²) < 4.78 is 22.8. The summed E-state index contributed by atoms with van der Waals surface area (Å²) in [6.45, 7) is 0.445. The summed E-state index contributed by atoms with van der Waals surface area (Å²) >= 11 is 0. The van der Waals surface area contributed by atoms with Gasteiger partial charge in [-0.15, -0.1) is 0 Å². The Morgan fingerprint density at radius 2 is 1.90 bits per heavy atom. The Kier molecular flexibility index (Phi) is 3.95. The molecule has 7 heteroatoms. The molecule has 0 unspecified atom stereocenters. The fourth-order valence-corrected chi connectivity index (χ4v) is 3.30. The smallest absolute Gasteiger partial charge is 0.238 e. The highest BCUT2D eigenvalue weighted by molar-refractivity contribution is 7.89. The van der Waals surface area contributed by atoms with E-state index in [2.05, 4.69) is 0 Å². The molecule has 1 aromatic carbocycles. The second-order valence-electron chi connectivity index (χ2n) is 5.59. The van der Waals surface area contributed by atoms with Gasteiger partial charge in [-0.05, 0) is 31.0 Å². The van der Waals surface area contributed by atoms with Crippen molar-refractivity contribution in [2.75, 3.05) is 24.2 Å². The quantitative estimate of drug-likeness (QED) is 0.707.